The van der Waals surface area contributed by atoms with E-state index in [1.54, 1.807) is 13.2 Å². The fraction of sp³-hybridized carbons (Fsp3) is 0.600. The van der Waals surface area contributed by atoms with E-state index < -0.39 is 0 Å². The molecule has 1 aliphatic carbocycles. The largest absolute Gasteiger partial charge is 0.383 e. The smallest absolute Gasteiger partial charge is 0.123 e. The molecule has 0 saturated heterocycles. The molecule has 0 aromatic heterocycles. The van der Waals surface area contributed by atoms with Gasteiger partial charge in [0.1, 0.15) is 5.82 Å². The Morgan fingerprint density at radius 1 is 1.42 bits per heavy atom. The molecule has 19 heavy (non-hydrogen) atoms. The van der Waals surface area contributed by atoms with Gasteiger partial charge in [-0.2, -0.15) is 0 Å². The molecule has 106 valence electrons. The second-order valence-electron chi connectivity index (χ2n) is 5.00. The summed E-state index contributed by atoms with van der Waals surface area (Å²) in [5, 5.41) is 3.45. The Kier molecular flexibility index (Phi) is 5.16. The van der Waals surface area contributed by atoms with Gasteiger partial charge in [0.2, 0.25) is 0 Å². The summed E-state index contributed by atoms with van der Waals surface area (Å²) in [7, 11) is 1.70. The number of benzene rings is 1. The van der Waals surface area contributed by atoms with Crippen molar-refractivity contribution in [2.75, 3.05) is 31.7 Å². The number of ether oxygens (including phenoxy) is 1. The third kappa shape index (κ3) is 4.18. The molecule has 1 saturated carbocycles. The molecule has 0 unspecified atom stereocenters. The molecule has 1 aromatic rings. The average Bonchev–Trinajstić information content (AvgIpc) is 3.23. The number of nitrogens with one attached hydrogen (secondary N) is 1. The van der Waals surface area contributed by atoms with Gasteiger partial charge < -0.3 is 15.0 Å². The Hall–Kier alpha value is -1.13. The van der Waals surface area contributed by atoms with Crippen LogP contribution in [0.25, 0.3) is 0 Å². The van der Waals surface area contributed by atoms with Crippen LogP contribution in [-0.4, -0.2) is 32.8 Å². The van der Waals surface area contributed by atoms with E-state index in [-0.39, 0.29) is 5.82 Å². The molecule has 1 aromatic carbocycles. The number of methoxy groups -OCH3 is 1. The SMILES string of the molecule is CCN(CCOC)c1ccc(F)cc1CNC1CC1. The lowest BCUT2D eigenvalue weighted by Crippen LogP contribution is -2.29. The van der Waals surface area contributed by atoms with E-state index >= 15 is 0 Å². The Balaban J connectivity index is 2.10. The monoisotopic (exact) mass is 266 g/mol. The molecule has 2 rings (SSSR count). The summed E-state index contributed by atoms with van der Waals surface area (Å²) in [6, 6.07) is 5.68. The zero-order valence-electron chi connectivity index (χ0n) is 11.8. The molecule has 1 fully saturated rings. The molecule has 4 heteroatoms. The predicted molar refractivity (Wildman–Crippen MR) is 76.0 cm³/mol. The van der Waals surface area contributed by atoms with Crippen molar-refractivity contribution in [3.8, 4) is 0 Å². The molecule has 1 aliphatic rings. The van der Waals surface area contributed by atoms with E-state index in [2.05, 4.69) is 17.1 Å². The van der Waals surface area contributed by atoms with Crippen LogP contribution in [-0.2, 0) is 11.3 Å². The van der Waals surface area contributed by atoms with Crippen molar-refractivity contribution >= 4 is 5.69 Å². The Bertz CT molecular complexity index is 407. The minimum atomic E-state index is -0.167. The molecular weight excluding hydrogens is 243 g/mol. The van der Waals surface area contributed by atoms with Gasteiger partial charge in [0, 0.05) is 38.5 Å². The molecule has 0 aliphatic heterocycles. The molecular formula is C15H23FN2O. The molecule has 0 heterocycles. The van der Waals surface area contributed by atoms with E-state index in [0.717, 1.165) is 30.9 Å². The summed E-state index contributed by atoms with van der Waals surface area (Å²) in [4.78, 5) is 2.23. The maximum absolute atomic E-state index is 13.4. The van der Waals surface area contributed by atoms with Gasteiger partial charge in [0.15, 0.2) is 0 Å². The van der Waals surface area contributed by atoms with E-state index in [0.29, 0.717) is 12.6 Å². The summed E-state index contributed by atoms with van der Waals surface area (Å²) in [5.74, 6) is -0.167. The number of nitrogens with zero attached hydrogens (tertiary/aromatic N) is 1. The highest BCUT2D eigenvalue weighted by Crippen LogP contribution is 2.24. The summed E-state index contributed by atoms with van der Waals surface area (Å²) in [6.07, 6.45) is 2.48. The van der Waals surface area contributed by atoms with E-state index in [4.69, 9.17) is 4.74 Å². The second-order valence-corrected chi connectivity index (χ2v) is 5.00. The fourth-order valence-corrected chi connectivity index (χ4v) is 2.20. The number of hydrogen-bond donors (Lipinski definition) is 1. The van der Waals surface area contributed by atoms with Gasteiger partial charge in [-0.15, -0.1) is 0 Å². The maximum atomic E-state index is 13.4. The first-order chi connectivity index (χ1) is 9.24. The number of rotatable bonds is 8. The molecule has 0 radical (unpaired) electrons. The van der Waals surface area contributed by atoms with Gasteiger partial charge in [0.05, 0.1) is 6.61 Å². The van der Waals surface area contributed by atoms with Crippen molar-refractivity contribution in [2.45, 2.75) is 32.4 Å². The first-order valence-electron chi connectivity index (χ1n) is 7.00. The first-order valence-corrected chi connectivity index (χ1v) is 7.00. The van der Waals surface area contributed by atoms with Crippen LogP contribution in [0.2, 0.25) is 0 Å². The number of hydrogen-bond acceptors (Lipinski definition) is 3. The Labute approximate surface area is 114 Å². The molecule has 0 bridgehead atoms. The zero-order chi connectivity index (χ0) is 13.7. The number of halogens is 1. The molecule has 0 spiro atoms. The van der Waals surface area contributed by atoms with Gasteiger partial charge in [-0.1, -0.05) is 0 Å². The van der Waals surface area contributed by atoms with Crippen molar-refractivity contribution in [3.05, 3.63) is 29.6 Å². The normalized spacial score (nSPS) is 14.7. The van der Waals surface area contributed by atoms with Crippen LogP contribution in [0.4, 0.5) is 10.1 Å². The van der Waals surface area contributed by atoms with Crippen LogP contribution in [0.3, 0.4) is 0 Å². The van der Waals surface area contributed by atoms with E-state index in [1.807, 2.05) is 6.07 Å². The van der Waals surface area contributed by atoms with E-state index in [1.165, 1.54) is 18.9 Å². The third-order valence-electron chi connectivity index (χ3n) is 3.49. The third-order valence-corrected chi connectivity index (χ3v) is 3.49. The van der Waals surface area contributed by atoms with Crippen molar-refractivity contribution in [1.29, 1.82) is 0 Å². The van der Waals surface area contributed by atoms with Crippen molar-refractivity contribution in [1.82, 2.24) is 5.32 Å². The summed E-state index contributed by atoms with van der Waals surface area (Å²) in [5.41, 5.74) is 2.14. The van der Waals surface area contributed by atoms with Gasteiger partial charge in [-0.25, -0.2) is 4.39 Å². The lowest BCUT2D eigenvalue weighted by atomic mass is 10.1. The topological polar surface area (TPSA) is 24.5 Å². The van der Waals surface area contributed by atoms with Crippen molar-refractivity contribution < 1.29 is 9.13 Å². The maximum Gasteiger partial charge on any atom is 0.123 e. The molecule has 1 N–H and O–H groups in total. The lowest BCUT2D eigenvalue weighted by Gasteiger charge is -2.25. The molecule has 3 nitrogen and oxygen atoms in total. The number of likely N-dealkylation sites (N-methyl/N-ethyl adjacent to an activating group) is 1. The predicted octanol–water partition coefficient (Wildman–Crippen LogP) is 2.55. The highest BCUT2D eigenvalue weighted by atomic mass is 19.1. The van der Waals surface area contributed by atoms with Crippen LogP contribution in [0, 0.1) is 5.82 Å². The van der Waals surface area contributed by atoms with Crippen LogP contribution < -0.4 is 10.2 Å². The highest BCUT2D eigenvalue weighted by Gasteiger charge is 2.21. The van der Waals surface area contributed by atoms with Crippen molar-refractivity contribution in [2.24, 2.45) is 0 Å². The first kappa shape index (κ1) is 14.3. The standard InChI is InChI=1S/C15H23FN2O/c1-3-18(8-9-19-2)15-7-4-13(16)10-12(15)11-17-14-5-6-14/h4,7,10,14,17H,3,5-6,8-9,11H2,1-2H3. The highest BCUT2D eigenvalue weighted by molar-refractivity contribution is 5.53. The lowest BCUT2D eigenvalue weighted by molar-refractivity contribution is 0.205. The molecule has 0 atom stereocenters. The van der Waals surface area contributed by atoms with E-state index in [9.17, 15) is 4.39 Å². The minimum absolute atomic E-state index is 0.167. The number of anilines is 1. The molecule has 0 amide bonds. The average molecular weight is 266 g/mol. The van der Waals surface area contributed by atoms with Crippen molar-refractivity contribution in [3.63, 3.8) is 0 Å². The van der Waals surface area contributed by atoms with Gasteiger partial charge in [0.25, 0.3) is 0 Å². The summed E-state index contributed by atoms with van der Waals surface area (Å²) < 4.78 is 18.6. The van der Waals surface area contributed by atoms with Crippen LogP contribution in [0.5, 0.6) is 0 Å². The zero-order valence-corrected chi connectivity index (χ0v) is 11.8. The van der Waals surface area contributed by atoms with Gasteiger partial charge >= 0.3 is 0 Å². The van der Waals surface area contributed by atoms with Crippen LogP contribution >= 0.6 is 0 Å². The Morgan fingerprint density at radius 3 is 2.84 bits per heavy atom. The van der Waals surface area contributed by atoms with Crippen LogP contribution in [0.15, 0.2) is 18.2 Å². The quantitative estimate of drug-likeness (QED) is 0.782. The van der Waals surface area contributed by atoms with Gasteiger partial charge in [-0.05, 0) is 43.5 Å². The van der Waals surface area contributed by atoms with Crippen LogP contribution in [0.1, 0.15) is 25.3 Å². The fourth-order valence-electron chi connectivity index (χ4n) is 2.20. The summed E-state index contributed by atoms with van der Waals surface area (Å²) >= 11 is 0. The second kappa shape index (κ2) is 6.87. The summed E-state index contributed by atoms with van der Waals surface area (Å²) in [6.45, 7) is 5.25. The van der Waals surface area contributed by atoms with Gasteiger partial charge in [-0.3, -0.25) is 0 Å². The minimum Gasteiger partial charge on any atom is -0.383 e. The Morgan fingerprint density at radius 2 is 2.21 bits per heavy atom.